The lowest BCUT2D eigenvalue weighted by Gasteiger charge is -2.52. The third-order valence-electron chi connectivity index (χ3n) is 5.87. The predicted molar refractivity (Wildman–Crippen MR) is 115 cm³/mol. The first kappa shape index (κ1) is 20.6. The number of aliphatic imine (C=N–C) groups is 1. The van der Waals surface area contributed by atoms with Crippen LogP contribution in [0.25, 0.3) is 0 Å². The molecule has 3 unspecified atom stereocenters. The van der Waals surface area contributed by atoms with Crippen molar-refractivity contribution in [2.75, 3.05) is 26.9 Å². The number of amidine groups is 1. The van der Waals surface area contributed by atoms with E-state index in [2.05, 4.69) is 15.2 Å². The fourth-order valence-electron chi connectivity index (χ4n) is 4.32. The third kappa shape index (κ3) is 3.76. The van der Waals surface area contributed by atoms with Gasteiger partial charge in [0, 0.05) is 46.5 Å². The summed E-state index contributed by atoms with van der Waals surface area (Å²) >= 11 is 7.81. The molecule has 3 aliphatic rings. The second-order valence-corrected chi connectivity index (χ2v) is 8.95. The van der Waals surface area contributed by atoms with Crippen molar-refractivity contribution in [3.63, 3.8) is 0 Å². The van der Waals surface area contributed by atoms with Crippen molar-refractivity contribution < 1.29 is 18.7 Å². The number of fused-ring (bicyclic) bond motifs is 2. The first-order chi connectivity index (χ1) is 15.0. The number of rotatable bonds is 5. The predicted octanol–water partition coefficient (Wildman–Crippen LogP) is 2.93. The molecule has 0 amide bonds. The zero-order valence-corrected chi connectivity index (χ0v) is 18.3. The van der Waals surface area contributed by atoms with E-state index >= 15 is 0 Å². The second-order valence-electron chi connectivity index (χ2n) is 7.65. The average Bonchev–Trinajstić information content (AvgIpc) is 3.32. The summed E-state index contributed by atoms with van der Waals surface area (Å²) in [4.78, 5) is 24.3. The number of halogens is 2. The van der Waals surface area contributed by atoms with Gasteiger partial charge in [-0.3, -0.25) is 9.89 Å². The number of carbonyl (C=O) groups excluding carboxylic acids is 1. The summed E-state index contributed by atoms with van der Waals surface area (Å²) in [5, 5.41) is 6.06. The molecule has 1 aromatic carbocycles. The van der Waals surface area contributed by atoms with E-state index in [1.165, 1.54) is 30.6 Å². The Bertz CT molecular complexity index is 1060. The van der Waals surface area contributed by atoms with Crippen LogP contribution in [0.2, 0.25) is 5.02 Å². The van der Waals surface area contributed by atoms with E-state index in [1.54, 1.807) is 12.3 Å². The highest BCUT2D eigenvalue weighted by Gasteiger charge is 2.44. The van der Waals surface area contributed by atoms with Crippen molar-refractivity contribution in [1.82, 2.24) is 15.2 Å². The number of ether oxygens (including phenoxy) is 2. The van der Waals surface area contributed by atoms with E-state index in [-0.39, 0.29) is 5.02 Å². The van der Waals surface area contributed by atoms with E-state index in [0.29, 0.717) is 59.5 Å². The van der Waals surface area contributed by atoms with Gasteiger partial charge in [-0.15, -0.1) is 11.3 Å². The van der Waals surface area contributed by atoms with Gasteiger partial charge in [0.2, 0.25) is 0 Å². The maximum Gasteiger partial charge on any atom is 0.338 e. The monoisotopic (exact) mass is 462 g/mol. The van der Waals surface area contributed by atoms with Crippen LogP contribution in [0.4, 0.5) is 4.39 Å². The summed E-state index contributed by atoms with van der Waals surface area (Å²) in [7, 11) is 1.34. The van der Waals surface area contributed by atoms with Crippen LogP contribution in [-0.4, -0.2) is 60.6 Å². The van der Waals surface area contributed by atoms with Gasteiger partial charge in [0.1, 0.15) is 11.9 Å². The van der Waals surface area contributed by atoms with Crippen LogP contribution in [0.3, 0.4) is 0 Å². The van der Waals surface area contributed by atoms with Crippen LogP contribution in [0.1, 0.15) is 23.0 Å². The number of thiazole rings is 1. The molecule has 3 aliphatic heterocycles. The standard InChI is InChI=1S/C21H20ClFN4O3S/c1-29-21(28)17-16(8-27-12-7-13(27)10-30-9-12)25-19(20-24-4-5-31-20)26-18(17)14-3-2-11(23)6-15(14)22/h2-6,12-13,18H,7-10H2,1H3,(H,25,26). The van der Waals surface area contributed by atoms with Gasteiger partial charge in [-0.25, -0.2) is 14.2 Å². The highest BCUT2D eigenvalue weighted by molar-refractivity contribution is 7.11. The van der Waals surface area contributed by atoms with Gasteiger partial charge in [-0.2, -0.15) is 0 Å². The highest BCUT2D eigenvalue weighted by Crippen LogP contribution is 2.38. The van der Waals surface area contributed by atoms with Crippen molar-refractivity contribution in [3.05, 3.63) is 62.5 Å². The minimum Gasteiger partial charge on any atom is -0.466 e. The van der Waals surface area contributed by atoms with E-state index in [9.17, 15) is 9.18 Å². The molecule has 5 rings (SSSR count). The number of nitrogens with one attached hydrogen (secondary N) is 1. The molecule has 7 nitrogen and oxygen atoms in total. The first-order valence-corrected chi connectivity index (χ1v) is 11.2. The van der Waals surface area contributed by atoms with Gasteiger partial charge in [0.25, 0.3) is 0 Å². The Kier molecular flexibility index (Phi) is 5.51. The summed E-state index contributed by atoms with van der Waals surface area (Å²) in [5.41, 5.74) is 1.58. The second kappa shape index (κ2) is 8.31. The molecular weight excluding hydrogens is 443 g/mol. The van der Waals surface area contributed by atoms with E-state index in [0.717, 1.165) is 6.42 Å². The molecule has 2 aromatic rings. The summed E-state index contributed by atoms with van der Waals surface area (Å²) in [6.07, 6.45) is 2.78. The topological polar surface area (TPSA) is 76.0 Å². The minimum absolute atomic E-state index is 0.198. The maximum absolute atomic E-state index is 13.7. The number of morpholine rings is 1. The van der Waals surface area contributed by atoms with Crippen molar-refractivity contribution >= 4 is 34.7 Å². The van der Waals surface area contributed by atoms with Crippen molar-refractivity contribution in [3.8, 4) is 0 Å². The van der Waals surface area contributed by atoms with E-state index < -0.39 is 17.8 Å². The van der Waals surface area contributed by atoms with Gasteiger partial charge in [-0.05, 0) is 18.6 Å². The van der Waals surface area contributed by atoms with Crippen molar-refractivity contribution in [1.29, 1.82) is 0 Å². The molecule has 3 atom stereocenters. The number of hydrogen-bond donors (Lipinski definition) is 1. The number of aromatic nitrogens is 1. The number of benzene rings is 1. The van der Waals surface area contributed by atoms with Gasteiger partial charge in [-0.1, -0.05) is 17.7 Å². The van der Waals surface area contributed by atoms with Gasteiger partial charge >= 0.3 is 5.97 Å². The Labute approximate surface area is 187 Å². The Balaban J connectivity index is 1.60. The molecule has 4 heterocycles. The van der Waals surface area contributed by atoms with Crippen LogP contribution >= 0.6 is 22.9 Å². The molecule has 1 N–H and O–H groups in total. The molecule has 2 fully saturated rings. The van der Waals surface area contributed by atoms with Crippen LogP contribution < -0.4 is 5.32 Å². The molecule has 2 saturated heterocycles. The number of hydrogen-bond acceptors (Lipinski definition) is 8. The quantitative estimate of drug-likeness (QED) is 0.688. The van der Waals surface area contributed by atoms with Crippen LogP contribution in [0.5, 0.6) is 0 Å². The van der Waals surface area contributed by atoms with Gasteiger partial charge < -0.3 is 14.8 Å². The third-order valence-corrected chi connectivity index (χ3v) is 6.97. The fraction of sp³-hybridized carbons (Fsp3) is 0.381. The molecule has 0 radical (unpaired) electrons. The molecule has 162 valence electrons. The first-order valence-electron chi connectivity index (χ1n) is 9.89. The van der Waals surface area contributed by atoms with Gasteiger partial charge in [0.05, 0.1) is 25.9 Å². The fourth-order valence-corrected chi connectivity index (χ4v) is 5.18. The van der Waals surface area contributed by atoms with Crippen molar-refractivity contribution in [2.45, 2.75) is 24.5 Å². The number of nitrogens with zero attached hydrogens (tertiary/aromatic N) is 3. The highest BCUT2D eigenvalue weighted by atomic mass is 35.5. The molecule has 10 heteroatoms. The van der Waals surface area contributed by atoms with E-state index in [1.807, 2.05) is 5.38 Å². The van der Waals surface area contributed by atoms with Crippen LogP contribution in [-0.2, 0) is 14.3 Å². The summed E-state index contributed by atoms with van der Waals surface area (Å²) in [5.74, 6) is -0.411. The maximum atomic E-state index is 13.7. The number of methoxy groups -OCH3 is 1. The molecule has 0 aliphatic carbocycles. The van der Waals surface area contributed by atoms with Crippen molar-refractivity contribution in [2.24, 2.45) is 4.99 Å². The molecule has 2 bridgehead atoms. The SMILES string of the molecule is COC(=O)C1=C(CN2C3COCC2C3)NC(c2nccs2)=NC1c1ccc(F)cc1Cl. The lowest BCUT2D eigenvalue weighted by atomic mass is 9.89. The minimum atomic E-state index is -0.743. The summed E-state index contributed by atoms with van der Waals surface area (Å²) in [6.45, 7) is 1.87. The Morgan fingerprint density at radius 1 is 1.42 bits per heavy atom. The normalized spacial score (nSPS) is 25.5. The Morgan fingerprint density at radius 3 is 2.87 bits per heavy atom. The summed E-state index contributed by atoms with van der Waals surface area (Å²) in [6, 6.07) is 4.00. The zero-order valence-electron chi connectivity index (χ0n) is 16.7. The zero-order chi connectivity index (χ0) is 21.5. The molecule has 0 spiro atoms. The van der Waals surface area contributed by atoms with Crippen LogP contribution in [0.15, 0.2) is 46.0 Å². The van der Waals surface area contributed by atoms with Gasteiger partial charge in [0.15, 0.2) is 10.8 Å². The Hall–Kier alpha value is -2.33. The smallest absolute Gasteiger partial charge is 0.338 e. The molecule has 1 aromatic heterocycles. The molecule has 31 heavy (non-hydrogen) atoms. The molecular formula is C21H20ClFN4O3S. The summed E-state index contributed by atoms with van der Waals surface area (Å²) < 4.78 is 24.4. The Morgan fingerprint density at radius 2 is 2.23 bits per heavy atom. The molecule has 0 saturated carbocycles. The van der Waals surface area contributed by atoms with Crippen LogP contribution in [0, 0.1) is 5.82 Å². The van der Waals surface area contributed by atoms with E-state index in [4.69, 9.17) is 26.1 Å². The lowest BCUT2D eigenvalue weighted by Crippen LogP contribution is -2.64. The largest absolute Gasteiger partial charge is 0.466 e. The average molecular weight is 463 g/mol. The lowest BCUT2D eigenvalue weighted by molar-refractivity contribution is -0.137. The number of esters is 1. The number of carbonyl (C=O) groups is 1.